The highest BCUT2D eigenvalue weighted by molar-refractivity contribution is 5.81. The fourth-order valence-corrected chi connectivity index (χ4v) is 1.33. The first-order valence-electron chi connectivity index (χ1n) is 5.27. The quantitative estimate of drug-likeness (QED) is 0.606. The molecule has 0 bridgehead atoms. The molecule has 3 N–H and O–H groups in total. The van der Waals surface area contributed by atoms with E-state index in [9.17, 15) is 4.79 Å². The Hall–Kier alpha value is -0.570. The summed E-state index contributed by atoms with van der Waals surface area (Å²) in [5.74, 6) is 0.954. The van der Waals surface area contributed by atoms with Gasteiger partial charge in [0.2, 0.25) is 5.91 Å². The van der Waals surface area contributed by atoms with Gasteiger partial charge in [-0.25, -0.2) is 0 Å². The number of amides is 1. The molecule has 1 amide bonds. The number of nitrogens with one attached hydrogen (secondary N) is 1. The van der Waals surface area contributed by atoms with E-state index in [-0.39, 0.29) is 11.9 Å². The Morgan fingerprint density at radius 2 is 2.31 bits per heavy atom. The van der Waals surface area contributed by atoms with E-state index >= 15 is 0 Å². The minimum atomic E-state index is -0.319. The van der Waals surface area contributed by atoms with Crippen LogP contribution in [-0.4, -0.2) is 18.5 Å². The lowest BCUT2D eigenvalue weighted by Crippen LogP contribution is -2.40. The van der Waals surface area contributed by atoms with Crippen LogP contribution in [0, 0.1) is 5.92 Å². The summed E-state index contributed by atoms with van der Waals surface area (Å²) in [4.78, 5) is 11.2. The molecule has 3 nitrogen and oxygen atoms in total. The maximum Gasteiger partial charge on any atom is 0.236 e. The first-order chi connectivity index (χ1) is 6.24. The van der Waals surface area contributed by atoms with Crippen LogP contribution in [0.3, 0.4) is 0 Å². The van der Waals surface area contributed by atoms with Crippen LogP contribution >= 0.6 is 0 Å². The Morgan fingerprint density at radius 1 is 1.62 bits per heavy atom. The summed E-state index contributed by atoms with van der Waals surface area (Å²) in [6.45, 7) is 2.72. The first-order valence-corrected chi connectivity index (χ1v) is 5.27. The van der Waals surface area contributed by atoms with Crippen LogP contribution in [0.2, 0.25) is 0 Å². The molecule has 0 aromatic rings. The fraction of sp³-hybridized carbons (Fsp3) is 0.900. The number of carbonyl (C=O) groups is 1. The van der Waals surface area contributed by atoms with Crippen LogP contribution in [0.15, 0.2) is 0 Å². The maximum atomic E-state index is 11.2. The zero-order chi connectivity index (χ0) is 9.68. The van der Waals surface area contributed by atoms with Crippen molar-refractivity contribution in [3.05, 3.63) is 0 Å². The Kier molecular flexibility index (Phi) is 4.22. The van der Waals surface area contributed by atoms with E-state index in [4.69, 9.17) is 5.73 Å². The van der Waals surface area contributed by atoms with Crippen LogP contribution < -0.4 is 11.1 Å². The molecule has 0 aromatic heterocycles. The summed E-state index contributed by atoms with van der Waals surface area (Å²) in [6, 6.07) is -0.319. The van der Waals surface area contributed by atoms with Gasteiger partial charge in [-0.1, -0.05) is 19.8 Å². The van der Waals surface area contributed by atoms with Crippen LogP contribution in [0.25, 0.3) is 0 Å². The van der Waals surface area contributed by atoms with E-state index in [1.165, 1.54) is 19.3 Å². The number of hydrogen-bond donors (Lipinski definition) is 2. The van der Waals surface area contributed by atoms with Gasteiger partial charge in [0.15, 0.2) is 0 Å². The zero-order valence-corrected chi connectivity index (χ0v) is 8.38. The molecule has 0 heterocycles. The average molecular weight is 184 g/mol. The number of hydrogen-bond acceptors (Lipinski definition) is 2. The molecular formula is C10H20N2O. The summed E-state index contributed by atoms with van der Waals surface area (Å²) in [5, 5.41) is 2.85. The van der Waals surface area contributed by atoms with Crippen LogP contribution in [0.5, 0.6) is 0 Å². The molecule has 0 saturated heterocycles. The molecule has 1 unspecified atom stereocenters. The molecule has 1 atom stereocenters. The molecule has 3 heteroatoms. The highest BCUT2D eigenvalue weighted by Crippen LogP contribution is 2.33. The zero-order valence-electron chi connectivity index (χ0n) is 8.38. The lowest BCUT2D eigenvalue weighted by Gasteiger charge is -2.09. The van der Waals surface area contributed by atoms with Gasteiger partial charge in [0.1, 0.15) is 0 Å². The van der Waals surface area contributed by atoms with Gasteiger partial charge in [-0.15, -0.1) is 0 Å². The summed E-state index contributed by atoms with van der Waals surface area (Å²) in [5.41, 5.74) is 5.56. The monoisotopic (exact) mass is 184 g/mol. The minimum absolute atomic E-state index is 0.00158. The van der Waals surface area contributed by atoms with Gasteiger partial charge in [-0.2, -0.15) is 0 Å². The molecular weight excluding hydrogens is 164 g/mol. The van der Waals surface area contributed by atoms with E-state index in [0.29, 0.717) is 6.42 Å². The fourth-order valence-electron chi connectivity index (χ4n) is 1.33. The summed E-state index contributed by atoms with van der Waals surface area (Å²) in [6.07, 6.45) is 5.87. The van der Waals surface area contributed by atoms with Gasteiger partial charge in [-0.05, 0) is 25.2 Å². The minimum Gasteiger partial charge on any atom is -0.355 e. The van der Waals surface area contributed by atoms with Crippen molar-refractivity contribution < 1.29 is 4.79 Å². The highest BCUT2D eigenvalue weighted by Gasteiger charge is 2.20. The van der Waals surface area contributed by atoms with Gasteiger partial charge >= 0.3 is 0 Å². The molecule has 1 rings (SSSR count). The predicted molar refractivity (Wildman–Crippen MR) is 53.2 cm³/mol. The van der Waals surface area contributed by atoms with Gasteiger partial charge < -0.3 is 11.1 Å². The largest absolute Gasteiger partial charge is 0.355 e. The summed E-state index contributed by atoms with van der Waals surface area (Å²) in [7, 11) is 0. The number of carbonyl (C=O) groups excluding carboxylic acids is 1. The van der Waals surface area contributed by atoms with Gasteiger partial charge in [0.25, 0.3) is 0 Å². The van der Waals surface area contributed by atoms with Crippen molar-refractivity contribution in [1.82, 2.24) is 5.32 Å². The molecule has 0 aliphatic heterocycles. The highest BCUT2D eigenvalue weighted by atomic mass is 16.2. The van der Waals surface area contributed by atoms with E-state index in [0.717, 1.165) is 18.9 Å². The second kappa shape index (κ2) is 5.22. The van der Waals surface area contributed by atoms with Crippen molar-refractivity contribution in [3.63, 3.8) is 0 Å². The summed E-state index contributed by atoms with van der Waals surface area (Å²) < 4.78 is 0. The molecule has 1 fully saturated rings. The van der Waals surface area contributed by atoms with Crippen LogP contribution in [-0.2, 0) is 4.79 Å². The van der Waals surface area contributed by atoms with Crippen molar-refractivity contribution in [3.8, 4) is 0 Å². The van der Waals surface area contributed by atoms with Crippen molar-refractivity contribution in [2.75, 3.05) is 6.54 Å². The SMILES string of the molecule is CCC(N)C(=O)NCCCC1CC1. The first kappa shape index (κ1) is 10.5. The summed E-state index contributed by atoms with van der Waals surface area (Å²) >= 11 is 0. The molecule has 1 saturated carbocycles. The van der Waals surface area contributed by atoms with Crippen molar-refractivity contribution in [2.24, 2.45) is 11.7 Å². The molecule has 1 aliphatic carbocycles. The van der Waals surface area contributed by atoms with Gasteiger partial charge in [-0.3, -0.25) is 4.79 Å². The lowest BCUT2D eigenvalue weighted by atomic mass is 10.2. The Balaban J connectivity index is 1.94. The second-order valence-corrected chi connectivity index (χ2v) is 3.89. The van der Waals surface area contributed by atoms with E-state index in [1.54, 1.807) is 0 Å². The van der Waals surface area contributed by atoms with Gasteiger partial charge in [0.05, 0.1) is 6.04 Å². The third kappa shape index (κ3) is 4.27. The molecule has 76 valence electrons. The second-order valence-electron chi connectivity index (χ2n) is 3.89. The van der Waals surface area contributed by atoms with Crippen molar-refractivity contribution >= 4 is 5.91 Å². The smallest absolute Gasteiger partial charge is 0.236 e. The molecule has 0 radical (unpaired) electrons. The van der Waals surface area contributed by atoms with E-state index in [1.807, 2.05) is 6.92 Å². The maximum absolute atomic E-state index is 11.2. The molecule has 13 heavy (non-hydrogen) atoms. The topological polar surface area (TPSA) is 55.1 Å². The third-order valence-corrected chi connectivity index (χ3v) is 2.56. The average Bonchev–Trinajstić information content (AvgIpc) is 2.94. The van der Waals surface area contributed by atoms with Crippen LogP contribution in [0.1, 0.15) is 39.0 Å². The molecule has 1 aliphatic rings. The Labute approximate surface area is 80.1 Å². The number of rotatable bonds is 6. The van der Waals surface area contributed by atoms with Crippen LogP contribution in [0.4, 0.5) is 0 Å². The van der Waals surface area contributed by atoms with Gasteiger partial charge in [0, 0.05) is 6.54 Å². The lowest BCUT2D eigenvalue weighted by molar-refractivity contribution is -0.122. The molecule has 0 aromatic carbocycles. The van der Waals surface area contributed by atoms with Crippen molar-refractivity contribution in [2.45, 2.75) is 45.1 Å². The Morgan fingerprint density at radius 3 is 2.85 bits per heavy atom. The third-order valence-electron chi connectivity index (χ3n) is 2.56. The number of nitrogens with two attached hydrogens (primary N) is 1. The van der Waals surface area contributed by atoms with E-state index < -0.39 is 0 Å². The van der Waals surface area contributed by atoms with E-state index in [2.05, 4.69) is 5.32 Å². The normalized spacial score (nSPS) is 18.3. The standard InChI is InChI=1S/C10H20N2O/c1-2-9(11)10(13)12-7-3-4-8-5-6-8/h8-9H,2-7,11H2,1H3,(H,12,13). The molecule has 0 spiro atoms. The predicted octanol–water partition coefficient (Wildman–Crippen LogP) is 1.03. The van der Waals surface area contributed by atoms with Crippen molar-refractivity contribution in [1.29, 1.82) is 0 Å². The Bertz CT molecular complexity index is 166.